The maximum absolute atomic E-state index is 3.74. The number of rotatable bonds is 3. The number of hydrazine groups is 1. The zero-order valence-electron chi connectivity index (χ0n) is 5.26. The van der Waals surface area contributed by atoms with Crippen LogP contribution in [0.25, 0.3) is 0 Å². The fraction of sp³-hybridized carbons (Fsp3) is 0.400. The molecule has 0 aliphatic heterocycles. The topological polar surface area (TPSA) is 27.6 Å². The van der Waals surface area contributed by atoms with Gasteiger partial charge in [-0.1, -0.05) is 6.58 Å². The largest absolute Gasteiger partial charge is 0.277 e. The summed E-state index contributed by atoms with van der Waals surface area (Å²) in [5.74, 6) is 0. The third-order valence-corrected chi connectivity index (χ3v) is 0.695. The van der Waals surface area contributed by atoms with Crippen LogP contribution in [0.1, 0.15) is 0 Å². The summed E-state index contributed by atoms with van der Waals surface area (Å²) in [4.78, 5) is 3.74. The molecule has 0 amide bonds. The Kier molecular flexibility index (Phi) is 3.88. The molecule has 8 heavy (non-hydrogen) atoms. The molecule has 0 spiro atoms. The third-order valence-electron chi connectivity index (χ3n) is 0.695. The summed E-state index contributed by atoms with van der Waals surface area (Å²) in [5, 5.41) is 1.65. The molecule has 0 aliphatic rings. The summed E-state index contributed by atoms with van der Waals surface area (Å²) < 4.78 is 0. The number of hydrogen-bond acceptors (Lipinski definition) is 2. The van der Waals surface area contributed by atoms with Crippen molar-refractivity contribution < 1.29 is 0 Å². The van der Waals surface area contributed by atoms with E-state index in [9.17, 15) is 0 Å². The number of nitrogens with one attached hydrogen (secondary N) is 1. The SMILES string of the molecule is C=CN(/C=N\C)NC. The van der Waals surface area contributed by atoms with E-state index in [1.807, 2.05) is 0 Å². The van der Waals surface area contributed by atoms with E-state index in [0.29, 0.717) is 0 Å². The van der Waals surface area contributed by atoms with Crippen molar-refractivity contribution in [2.45, 2.75) is 0 Å². The van der Waals surface area contributed by atoms with Gasteiger partial charge in [0.05, 0.1) is 0 Å². The first-order chi connectivity index (χ1) is 3.85. The number of aliphatic imine (C=N–C) groups is 1. The molecule has 3 nitrogen and oxygen atoms in total. The molecule has 0 atom stereocenters. The number of nitrogens with zero attached hydrogens (tertiary/aromatic N) is 2. The minimum absolute atomic E-state index is 1.63. The van der Waals surface area contributed by atoms with Gasteiger partial charge in [0.2, 0.25) is 0 Å². The van der Waals surface area contributed by atoms with E-state index in [1.54, 1.807) is 31.6 Å². The van der Waals surface area contributed by atoms with E-state index in [1.165, 1.54) is 0 Å². The van der Waals surface area contributed by atoms with Gasteiger partial charge in [-0.15, -0.1) is 0 Å². The van der Waals surface area contributed by atoms with Crippen molar-refractivity contribution in [2.24, 2.45) is 4.99 Å². The van der Waals surface area contributed by atoms with Gasteiger partial charge in [-0.3, -0.25) is 10.0 Å². The molecule has 0 bridgehead atoms. The van der Waals surface area contributed by atoms with Gasteiger partial charge >= 0.3 is 0 Å². The van der Waals surface area contributed by atoms with Crippen LogP contribution in [0, 0.1) is 0 Å². The van der Waals surface area contributed by atoms with Crippen LogP contribution in [-0.2, 0) is 0 Å². The smallest absolute Gasteiger partial charge is 0.103 e. The van der Waals surface area contributed by atoms with Crippen LogP contribution >= 0.6 is 0 Å². The average Bonchev–Trinajstić information content (AvgIpc) is 1.83. The summed E-state index contributed by atoms with van der Waals surface area (Å²) in [5.41, 5.74) is 2.82. The molecule has 0 aliphatic carbocycles. The molecule has 3 heteroatoms. The van der Waals surface area contributed by atoms with Gasteiger partial charge in [0.15, 0.2) is 0 Å². The van der Waals surface area contributed by atoms with Crippen molar-refractivity contribution in [2.75, 3.05) is 14.1 Å². The van der Waals surface area contributed by atoms with Crippen LogP contribution in [0.4, 0.5) is 0 Å². The quantitative estimate of drug-likeness (QED) is 0.322. The van der Waals surface area contributed by atoms with E-state index >= 15 is 0 Å². The first kappa shape index (κ1) is 7.17. The Morgan fingerprint density at radius 1 is 1.75 bits per heavy atom. The Morgan fingerprint density at radius 3 is 2.50 bits per heavy atom. The highest BCUT2D eigenvalue weighted by atomic mass is 15.5. The molecular weight excluding hydrogens is 102 g/mol. The third kappa shape index (κ3) is 2.36. The fourth-order valence-corrected chi connectivity index (χ4v) is 0.321. The van der Waals surface area contributed by atoms with E-state index in [-0.39, 0.29) is 0 Å². The standard InChI is InChI=1S/C5H11N3/c1-4-8(7-3)5-6-2/h4-5,7H,1H2,2-3H3/b6-5-. The lowest BCUT2D eigenvalue weighted by Gasteiger charge is -2.09. The summed E-state index contributed by atoms with van der Waals surface area (Å²) in [6.45, 7) is 3.52. The molecule has 46 valence electrons. The number of hydrogen-bond donors (Lipinski definition) is 1. The van der Waals surface area contributed by atoms with E-state index in [0.717, 1.165) is 0 Å². The minimum Gasteiger partial charge on any atom is -0.277 e. The van der Waals surface area contributed by atoms with Crippen LogP contribution in [-0.4, -0.2) is 25.4 Å². The lowest BCUT2D eigenvalue weighted by molar-refractivity contribution is 0.467. The van der Waals surface area contributed by atoms with E-state index in [4.69, 9.17) is 0 Å². The van der Waals surface area contributed by atoms with Crippen molar-refractivity contribution in [1.82, 2.24) is 10.4 Å². The van der Waals surface area contributed by atoms with Crippen molar-refractivity contribution in [1.29, 1.82) is 0 Å². The molecule has 0 unspecified atom stereocenters. The Hall–Kier alpha value is -0.830. The van der Waals surface area contributed by atoms with Gasteiger partial charge < -0.3 is 0 Å². The minimum atomic E-state index is 1.63. The van der Waals surface area contributed by atoms with Crippen molar-refractivity contribution in [3.8, 4) is 0 Å². The average molecular weight is 113 g/mol. The highest BCUT2D eigenvalue weighted by Gasteiger charge is 1.80. The zero-order valence-corrected chi connectivity index (χ0v) is 5.26. The second kappa shape index (κ2) is 4.33. The van der Waals surface area contributed by atoms with Gasteiger partial charge in [-0.05, 0) is 0 Å². The van der Waals surface area contributed by atoms with Crippen molar-refractivity contribution >= 4 is 6.34 Å². The molecule has 0 saturated heterocycles. The molecule has 0 fully saturated rings. The predicted octanol–water partition coefficient (Wildman–Crippen LogP) is 0.224. The van der Waals surface area contributed by atoms with Crippen LogP contribution < -0.4 is 5.43 Å². The Bertz CT molecular complexity index is 87.7. The maximum atomic E-state index is 3.74. The molecule has 0 radical (unpaired) electrons. The fourth-order valence-electron chi connectivity index (χ4n) is 0.321. The van der Waals surface area contributed by atoms with Crippen molar-refractivity contribution in [3.05, 3.63) is 12.8 Å². The Balaban J connectivity index is 3.52. The highest BCUT2D eigenvalue weighted by Crippen LogP contribution is 1.71. The lowest BCUT2D eigenvalue weighted by atomic mass is 10.9. The zero-order chi connectivity index (χ0) is 6.41. The predicted molar refractivity (Wildman–Crippen MR) is 35.5 cm³/mol. The summed E-state index contributed by atoms with van der Waals surface area (Å²) in [6, 6.07) is 0. The Labute approximate surface area is 49.7 Å². The molecule has 0 heterocycles. The molecular formula is C5H11N3. The summed E-state index contributed by atoms with van der Waals surface area (Å²) >= 11 is 0. The van der Waals surface area contributed by atoms with Crippen molar-refractivity contribution in [3.63, 3.8) is 0 Å². The highest BCUT2D eigenvalue weighted by molar-refractivity contribution is 5.55. The summed E-state index contributed by atoms with van der Waals surface area (Å²) in [7, 11) is 3.50. The van der Waals surface area contributed by atoms with Gasteiger partial charge in [0, 0.05) is 20.3 Å². The van der Waals surface area contributed by atoms with Gasteiger partial charge in [0.1, 0.15) is 6.34 Å². The van der Waals surface area contributed by atoms with E-state index in [2.05, 4.69) is 17.0 Å². The normalized spacial score (nSPS) is 9.75. The van der Waals surface area contributed by atoms with Crippen LogP contribution in [0.2, 0.25) is 0 Å². The second-order valence-corrected chi connectivity index (χ2v) is 1.19. The van der Waals surface area contributed by atoms with E-state index < -0.39 is 0 Å². The molecule has 0 aromatic rings. The maximum Gasteiger partial charge on any atom is 0.103 e. The monoisotopic (exact) mass is 113 g/mol. The molecule has 0 aromatic carbocycles. The van der Waals surface area contributed by atoms with Gasteiger partial charge in [0.25, 0.3) is 0 Å². The van der Waals surface area contributed by atoms with Crippen LogP contribution in [0.3, 0.4) is 0 Å². The van der Waals surface area contributed by atoms with Gasteiger partial charge in [-0.2, -0.15) is 0 Å². The van der Waals surface area contributed by atoms with Crippen LogP contribution in [0.5, 0.6) is 0 Å². The molecule has 1 N–H and O–H groups in total. The molecule has 0 aromatic heterocycles. The summed E-state index contributed by atoms with van der Waals surface area (Å²) in [6.07, 6.45) is 3.26. The van der Waals surface area contributed by atoms with Gasteiger partial charge in [-0.25, -0.2) is 5.43 Å². The lowest BCUT2D eigenvalue weighted by Crippen LogP contribution is -2.27. The molecule has 0 saturated carbocycles. The molecule has 0 rings (SSSR count). The first-order valence-corrected chi connectivity index (χ1v) is 2.35. The first-order valence-electron chi connectivity index (χ1n) is 2.35. The second-order valence-electron chi connectivity index (χ2n) is 1.19. The van der Waals surface area contributed by atoms with Crippen LogP contribution in [0.15, 0.2) is 17.8 Å². The Morgan fingerprint density at radius 2 is 2.38 bits per heavy atom.